The standard InChI is InChI=1S/C14H23N3O6/c1-20-3-4-22-5-6-23-9-13(18)17-12(14(19)21-2)7-11-8-15-10-16-11/h8,10,12H,3-7,9H2,1-2H3,(H,15,16)(H,17,18). The number of H-pyrrole nitrogens is 1. The number of amides is 1. The highest BCUT2D eigenvalue weighted by Gasteiger charge is 2.22. The number of carbonyl (C=O) groups excluding carboxylic acids is 2. The molecule has 0 saturated heterocycles. The number of rotatable bonds is 12. The van der Waals surface area contributed by atoms with Gasteiger partial charge in [-0.2, -0.15) is 0 Å². The summed E-state index contributed by atoms with van der Waals surface area (Å²) in [5.41, 5.74) is 0.646. The third kappa shape index (κ3) is 8.29. The minimum atomic E-state index is -0.808. The molecule has 23 heavy (non-hydrogen) atoms. The first-order valence-corrected chi connectivity index (χ1v) is 7.16. The minimum absolute atomic E-state index is 0.165. The molecule has 1 aromatic rings. The van der Waals surface area contributed by atoms with E-state index in [1.807, 2.05) is 0 Å². The molecule has 0 radical (unpaired) electrons. The second kappa shape index (κ2) is 11.6. The van der Waals surface area contributed by atoms with Crippen molar-refractivity contribution in [1.29, 1.82) is 0 Å². The summed E-state index contributed by atoms with van der Waals surface area (Å²) in [4.78, 5) is 30.3. The van der Waals surface area contributed by atoms with Crippen molar-refractivity contribution < 1.29 is 28.5 Å². The van der Waals surface area contributed by atoms with Gasteiger partial charge in [0.2, 0.25) is 5.91 Å². The molecule has 1 heterocycles. The summed E-state index contributed by atoms with van der Waals surface area (Å²) in [6.45, 7) is 1.46. The van der Waals surface area contributed by atoms with Gasteiger partial charge in [0.05, 0.1) is 45.6 Å². The van der Waals surface area contributed by atoms with Crippen LogP contribution < -0.4 is 5.32 Å². The molecule has 1 amide bonds. The quantitative estimate of drug-likeness (QED) is 0.385. The molecule has 0 aromatic carbocycles. The van der Waals surface area contributed by atoms with Crippen LogP contribution in [0, 0.1) is 0 Å². The van der Waals surface area contributed by atoms with E-state index in [4.69, 9.17) is 14.2 Å². The predicted octanol–water partition coefficient (Wildman–Crippen LogP) is -0.710. The molecular formula is C14H23N3O6. The molecule has 2 N–H and O–H groups in total. The van der Waals surface area contributed by atoms with E-state index in [-0.39, 0.29) is 19.6 Å². The van der Waals surface area contributed by atoms with Gasteiger partial charge in [-0.25, -0.2) is 9.78 Å². The van der Waals surface area contributed by atoms with E-state index in [9.17, 15) is 9.59 Å². The number of hydrogen-bond donors (Lipinski definition) is 2. The number of ether oxygens (including phenoxy) is 4. The molecular weight excluding hydrogens is 306 g/mol. The maximum absolute atomic E-state index is 11.8. The Morgan fingerprint density at radius 2 is 1.96 bits per heavy atom. The lowest BCUT2D eigenvalue weighted by Gasteiger charge is -2.15. The lowest BCUT2D eigenvalue weighted by molar-refractivity contribution is -0.145. The monoisotopic (exact) mass is 329 g/mol. The third-order valence-electron chi connectivity index (χ3n) is 2.83. The van der Waals surface area contributed by atoms with Crippen LogP contribution in [0.25, 0.3) is 0 Å². The molecule has 0 spiro atoms. The van der Waals surface area contributed by atoms with E-state index in [0.717, 1.165) is 0 Å². The van der Waals surface area contributed by atoms with Crippen molar-refractivity contribution in [3.8, 4) is 0 Å². The summed E-state index contributed by atoms with van der Waals surface area (Å²) in [5, 5.41) is 2.56. The fourth-order valence-electron chi connectivity index (χ4n) is 1.71. The lowest BCUT2D eigenvalue weighted by atomic mass is 10.1. The Hall–Kier alpha value is -1.97. The molecule has 9 heteroatoms. The Labute approximate surface area is 134 Å². The Balaban J connectivity index is 2.26. The van der Waals surface area contributed by atoms with Gasteiger partial charge in [-0.3, -0.25) is 4.79 Å². The van der Waals surface area contributed by atoms with Crippen molar-refractivity contribution >= 4 is 11.9 Å². The normalized spacial score (nSPS) is 11.9. The lowest BCUT2D eigenvalue weighted by Crippen LogP contribution is -2.44. The van der Waals surface area contributed by atoms with E-state index >= 15 is 0 Å². The van der Waals surface area contributed by atoms with Crippen LogP contribution >= 0.6 is 0 Å². The molecule has 1 atom stereocenters. The molecule has 1 rings (SSSR count). The van der Waals surface area contributed by atoms with E-state index in [0.29, 0.717) is 25.5 Å². The van der Waals surface area contributed by atoms with Gasteiger partial charge in [0.1, 0.15) is 12.6 Å². The van der Waals surface area contributed by atoms with Gasteiger partial charge in [-0.15, -0.1) is 0 Å². The van der Waals surface area contributed by atoms with Crippen molar-refractivity contribution in [2.24, 2.45) is 0 Å². The second-order valence-corrected chi connectivity index (χ2v) is 4.57. The van der Waals surface area contributed by atoms with Crippen LogP contribution in [0.3, 0.4) is 0 Å². The van der Waals surface area contributed by atoms with E-state index in [2.05, 4.69) is 20.0 Å². The molecule has 0 fully saturated rings. The summed E-state index contributed by atoms with van der Waals surface area (Å²) < 4.78 is 19.9. The Morgan fingerprint density at radius 3 is 2.61 bits per heavy atom. The summed E-state index contributed by atoms with van der Waals surface area (Å²) >= 11 is 0. The van der Waals surface area contributed by atoms with Crippen LogP contribution in [0.4, 0.5) is 0 Å². The minimum Gasteiger partial charge on any atom is -0.467 e. The number of hydrogen-bond acceptors (Lipinski definition) is 7. The summed E-state index contributed by atoms with van der Waals surface area (Å²) in [7, 11) is 2.85. The Morgan fingerprint density at radius 1 is 1.22 bits per heavy atom. The Kier molecular flexibility index (Phi) is 9.60. The molecule has 0 bridgehead atoms. The van der Waals surface area contributed by atoms with Crippen molar-refractivity contribution in [1.82, 2.24) is 15.3 Å². The summed E-state index contributed by atoms with van der Waals surface area (Å²) in [6, 6.07) is -0.808. The summed E-state index contributed by atoms with van der Waals surface area (Å²) in [5.74, 6) is -0.947. The van der Waals surface area contributed by atoms with Crippen LogP contribution in [-0.2, 0) is 35.0 Å². The van der Waals surface area contributed by atoms with Crippen LogP contribution in [0.5, 0.6) is 0 Å². The first-order chi connectivity index (χ1) is 11.2. The van der Waals surface area contributed by atoms with Crippen molar-refractivity contribution in [2.75, 3.05) is 47.3 Å². The first-order valence-electron chi connectivity index (χ1n) is 7.16. The molecule has 130 valence electrons. The van der Waals surface area contributed by atoms with Gasteiger partial charge in [-0.1, -0.05) is 0 Å². The zero-order chi connectivity index (χ0) is 16.9. The number of imidazole rings is 1. The van der Waals surface area contributed by atoms with Gasteiger partial charge in [0.15, 0.2) is 0 Å². The van der Waals surface area contributed by atoms with Gasteiger partial charge in [-0.05, 0) is 0 Å². The average Bonchev–Trinajstić information content (AvgIpc) is 3.05. The van der Waals surface area contributed by atoms with Crippen LogP contribution in [0.1, 0.15) is 5.69 Å². The number of carbonyl (C=O) groups is 2. The molecule has 0 saturated carbocycles. The molecule has 0 aliphatic carbocycles. The maximum Gasteiger partial charge on any atom is 0.328 e. The van der Waals surface area contributed by atoms with Crippen molar-refractivity contribution in [3.05, 3.63) is 18.2 Å². The molecule has 0 aliphatic heterocycles. The highest BCUT2D eigenvalue weighted by molar-refractivity contribution is 5.85. The second-order valence-electron chi connectivity index (χ2n) is 4.57. The SMILES string of the molecule is COCCOCCOCC(=O)NC(Cc1c[nH]cn1)C(=O)OC. The zero-order valence-corrected chi connectivity index (χ0v) is 13.4. The van der Waals surface area contributed by atoms with Crippen molar-refractivity contribution in [2.45, 2.75) is 12.5 Å². The highest BCUT2D eigenvalue weighted by atomic mass is 16.5. The van der Waals surface area contributed by atoms with E-state index < -0.39 is 17.9 Å². The molecule has 1 unspecified atom stereocenters. The number of nitrogens with one attached hydrogen (secondary N) is 2. The van der Waals surface area contributed by atoms with Crippen LogP contribution in [0.15, 0.2) is 12.5 Å². The first kappa shape index (κ1) is 19.1. The number of nitrogens with zero attached hydrogens (tertiary/aromatic N) is 1. The highest BCUT2D eigenvalue weighted by Crippen LogP contribution is 2.00. The van der Waals surface area contributed by atoms with E-state index in [1.54, 1.807) is 13.3 Å². The fraction of sp³-hybridized carbons (Fsp3) is 0.643. The zero-order valence-electron chi connectivity index (χ0n) is 13.4. The number of methoxy groups -OCH3 is 2. The van der Waals surface area contributed by atoms with Gasteiger partial charge < -0.3 is 29.2 Å². The largest absolute Gasteiger partial charge is 0.467 e. The molecule has 1 aromatic heterocycles. The number of esters is 1. The van der Waals surface area contributed by atoms with Crippen LogP contribution in [0.2, 0.25) is 0 Å². The maximum atomic E-state index is 11.8. The molecule has 9 nitrogen and oxygen atoms in total. The van der Waals surface area contributed by atoms with Gasteiger partial charge >= 0.3 is 5.97 Å². The predicted molar refractivity (Wildman–Crippen MR) is 79.8 cm³/mol. The summed E-state index contributed by atoms with van der Waals surface area (Å²) in [6.07, 6.45) is 3.39. The number of aromatic amines is 1. The fourth-order valence-corrected chi connectivity index (χ4v) is 1.71. The number of aromatic nitrogens is 2. The Bertz CT molecular complexity index is 451. The smallest absolute Gasteiger partial charge is 0.328 e. The third-order valence-corrected chi connectivity index (χ3v) is 2.83. The van der Waals surface area contributed by atoms with Crippen molar-refractivity contribution in [3.63, 3.8) is 0 Å². The van der Waals surface area contributed by atoms with E-state index in [1.165, 1.54) is 13.4 Å². The van der Waals surface area contributed by atoms with Crippen LogP contribution in [-0.4, -0.2) is 75.1 Å². The van der Waals surface area contributed by atoms with Gasteiger partial charge in [0, 0.05) is 19.7 Å². The topological polar surface area (TPSA) is 112 Å². The average molecular weight is 329 g/mol. The van der Waals surface area contributed by atoms with Gasteiger partial charge in [0.25, 0.3) is 0 Å². The molecule has 0 aliphatic rings.